The average molecular weight is 526 g/mol. The highest BCUT2D eigenvalue weighted by Crippen LogP contribution is 2.12. The first kappa shape index (κ1) is 24.0. The largest absolute Gasteiger partial charge is 0.497 e. The summed E-state index contributed by atoms with van der Waals surface area (Å²) in [4.78, 5) is 18.4. The molecule has 1 fully saturated rings. The Labute approximate surface area is 195 Å². The van der Waals surface area contributed by atoms with Crippen LogP contribution in [0.15, 0.2) is 52.1 Å². The number of likely N-dealkylation sites (tertiary alicyclic amines) is 1. The molecule has 0 bridgehead atoms. The molecular formula is C22H31IN4O3. The number of hydrogen-bond donors (Lipinski definition) is 2. The fourth-order valence-corrected chi connectivity index (χ4v) is 3.25. The molecule has 0 spiro atoms. The number of rotatable bonds is 10. The lowest BCUT2D eigenvalue weighted by molar-refractivity contribution is -0.127. The van der Waals surface area contributed by atoms with Gasteiger partial charge >= 0.3 is 0 Å². The van der Waals surface area contributed by atoms with Crippen molar-refractivity contribution in [3.63, 3.8) is 0 Å². The van der Waals surface area contributed by atoms with Crippen molar-refractivity contribution in [2.24, 2.45) is 4.99 Å². The maximum atomic E-state index is 11.7. The molecule has 1 saturated heterocycles. The summed E-state index contributed by atoms with van der Waals surface area (Å²) in [6.45, 7) is 3.75. The fraction of sp³-hybridized carbons (Fsp3) is 0.455. The standard InChI is InChI=1S/C22H30N4O3.HI/c1-28-19-9-7-18(8-10-19)17-25-22(24-13-11-20-5-3-16-29-20)23-12-4-15-26-14-2-6-21(26)27;/h3,5,7-10,16H,2,4,6,11-15,17H2,1H3,(H2,23,24,25);1H. The smallest absolute Gasteiger partial charge is 0.222 e. The molecule has 0 unspecified atom stereocenters. The second kappa shape index (κ2) is 13.1. The summed E-state index contributed by atoms with van der Waals surface area (Å²) < 4.78 is 10.6. The second-order valence-electron chi connectivity index (χ2n) is 7.03. The number of nitrogens with one attached hydrogen (secondary N) is 2. The molecule has 3 rings (SSSR count). The summed E-state index contributed by atoms with van der Waals surface area (Å²) in [5, 5.41) is 6.74. The lowest BCUT2D eigenvalue weighted by Crippen LogP contribution is -2.40. The Morgan fingerprint density at radius 3 is 2.67 bits per heavy atom. The van der Waals surface area contributed by atoms with Crippen LogP contribution in [0.3, 0.4) is 0 Å². The molecule has 0 saturated carbocycles. The van der Waals surface area contributed by atoms with Gasteiger partial charge in [-0.15, -0.1) is 24.0 Å². The minimum Gasteiger partial charge on any atom is -0.497 e. The fourth-order valence-electron chi connectivity index (χ4n) is 3.25. The minimum atomic E-state index is 0. The van der Waals surface area contributed by atoms with Gasteiger partial charge in [-0.05, 0) is 42.7 Å². The van der Waals surface area contributed by atoms with Crippen molar-refractivity contribution in [3.8, 4) is 5.75 Å². The molecule has 8 heteroatoms. The van der Waals surface area contributed by atoms with E-state index in [2.05, 4.69) is 10.6 Å². The summed E-state index contributed by atoms with van der Waals surface area (Å²) in [6.07, 6.45) is 5.04. The first-order valence-electron chi connectivity index (χ1n) is 10.2. The Morgan fingerprint density at radius 1 is 1.20 bits per heavy atom. The Bertz CT molecular complexity index is 778. The number of carbonyl (C=O) groups is 1. The van der Waals surface area contributed by atoms with Gasteiger partial charge in [-0.3, -0.25) is 4.79 Å². The molecule has 0 aliphatic carbocycles. The number of nitrogens with zero attached hydrogens (tertiary/aromatic N) is 2. The first-order valence-corrected chi connectivity index (χ1v) is 10.2. The van der Waals surface area contributed by atoms with Crippen LogP contribution in [-0.4, -0.2) is 50.1 Å². The van der Waals surface area contributed by atoms with Crippen LogP contribution < -0.4 is 15.4 Å². The third-order valence-electron chi connectivity index (χ3n) is 4.89. The zero-order chi connectivity index (χ0) is 20.3. The van der Waals surface area contributed by atoms with E-state index in [9.17, 15) is 4.79 Å². The summed E-state index contributed by atoms with van der Waals surface area (Å²) >= 11 is 0. The van der Waals surface area contributed by atoms with Gasteiger partial charge in [-0.2, -0.15) is 0 Å². The molecule has 1 aromatic carbocycles. The van der Waals surface area contributed by atoms with Gasteiger partial charge in [0.2, 0.25) is 5.91 Å². The summed E-state index contributed by atoms with van der Waals surface area (Å²) in [7, 11) is 1.66. The molecule has 1 amide bonds. The van der Waals surface area contributed by atoms with Gasteiger partial charge in [0.1, 0.15) is 11.5 Å². The summed E-state index contributed by atoms with van der Waals surface area (Å²) in [5.41, 5.74) is 1.11. The predicted molar refractivity (Wildman–Crippen MR) is 128 cm³/mol. The van der Waals surface area contributed by atoms with Gasteiger partial charge in [0.05, 0.1) is 19.9 Å². The normalized spacial score (nSPS) is 13.8. The molecule has 2 aromatic rings. The molecule has 2 heterocycles. The molecular weight excluding hydrogens is 495 g/mol. The number of aliphatic imine (C=N–C) groups is 1. The van der Waals surface area contributed by atoms with Crippen LogP contribution in [-0.2, 0) is 17.8 Å². The number of furan rings is 1. The first-order chi connectivity index (χ1) is 14.2. The molecule has 7 nitrogen and oxygen atoms in total. The third kappa shape index (κ3) is 7.89. The van der Waals surface area contributed by atoms with Gasteiger partial charge in [0, 0.05) is 39.0 Å². The molecule has 1 aliphatic rings. The zero-order valence-electron chi connectivity index (χ0n) is 17.4. The van der Waals surface area contributed by atoms with Crippen molar-refractivity contribution in [2.75, 3.05) is 33.3 Å². The SMILES string of the molecule is COc1ccc(CN=C(NCCCN2CCCC2=O)NCCc2ccco2)cc1.I. The highest BCUT2D eigenvalue weighted by molar-refractivity contribution is 14.0. The van der Waals surface area contributed by atoms with Crippen LogP contribution in [0.4, 0.5) is 0 Å². The number of guanidine groups is 1. The van der Waals surface area contributed by atoms with Crippen LogP contribution in [0.1, 0.15) is 30.6 Å². The number of carbonyl (C=O) groups excluding carboxylic acids is 1. The van der Waals surface area contributed by atoms with Gasteiger partial charge in [-0.1, -0.05) is 12.1 Å². The number of methoxy groups -OCH3 is 1. The van der Waals surface area contributed by atoms with E-state index in [1.165, 1.54) is 0 Å². The van der Waals surface area contributed by atoms with E-state index in [0.29, 0.717) is 13.0 Å². The lowest BCUT2D eigenvalue weighted by Gasteiger charge is -2.16. The van der Waals surface area contributed by atoms with E-state index < -0.39 is 0 Å². The maximum absolute atomic E-state index is 11.7. The van der Waals surface area contributed by atoms with Crippen molar-refractivity contribution in [2.45, 2.75) is 32.2 Å². The second-order valence-corrected chi connectivity index (χ2v) is 7.03. The molecule has 1 aliphatic heterocycles. The minimum absolute atomic E-state index is 0. The van der Waals surface area contributed by atoms with Crippen LogP contribution in [0.2, 0.25) is 0 Å². The van der Waals surface area contributed by atoms with Crippen LogP contribution in [0.25, 0.3) is 0 Å². The molecule has 164 valence electrons. The van der Waals surface area contributed by atoms with Gasteiger partial charge in [0.25, 0.3) is 0 Å². The Kier molecular flexibility index (Phi) is 10.5. The van der Waals surface area contributed by atoms with E-state index >= 15 is 0 Å². The number of hydrogen-bond acceptors (Lipinski definition) is 4. The lowest BCUT2D eigenvalue weighted by atomic mass is 10.2. The molecule has 0 radical (unpaired) electrons. The van der Waals surface area contributed by atoms with E-state index in [4.69, 9.17) is 14.1 Å². The monoisotopic (exact) mass is 526 g/mol. The highest BCUT2D eigenvalue weighted by atomic mass is 127. The van der Waals surface area contributed by atoms with E-state index in [1.807, 2.05) is 41.3 Å². The van der Waals surface area contributed by atoms with Crippen molar-refractivity contribution in [3.05, 3.63) is 54.0 Å². The van der Waals surface area contributed by atoms with Crippen molar-refractivity contribution in [1.82, 2.24) is 15.5 Å². The van der Waals surface area contributed by atoms with Gasteiger partial charge < -0.3 is 24.7 Å². The Balaban J connectivity index is 0.00000320. The molecule has 2 N–H and O–H groups in total. The molecule has 30 heavy (non-hydrogen) atoms. The number of benzene rings is 1. The topological polar surface area (TPSA) is 79.1 Å². The number of amides is 1. The summed E-state index contributed by atoms with van der Waals surface area (Å²) in [5.74, 6) is 2.82. The van der Waals surface area contributed by atoms with Gasteiger partial charge in [0.15, 0.2) is 5.96 Å². The van der Waals surface area contributed by atoms with Crippen LogP contribution >= 0.6 is 24.0 Å². The maximum Gasteiger partial charge on any atom is 0.222 e. The molecule has 1 aromatic heterocycles. The zero-order valence-corrected chi connectivity index (χ0v) is 19.8. The number of ether oxygens (including phenoxy) is 1. The van der Waals surface area contributed by atoms with E-state index in [1.54, 1.807) is 13.4 Å². The van der Waals surface area contributed by atoms with Crippen LogP contribution in [0, 0.1) is 0 Å². The van der Waals surface area contributed by atoms with Crippen molar-refractivity contribution >= 4 is 35.8 Å². The summed E-state index contributed by atoms with van der Waals surface area (Å²) in [6, 6.07) is 11.8. The van der Waals surface area contributed by atoms with Crippen LogP contribution in [0.5, 0.6) is 5.75 Å². The van der Waals surface area contributed by atoms with Crippen molar-refractivity contribution < 1.29 is 13.9 Å². The predicted octanol–water partition coefficient (Wildman–Crippen LogP) is 3.20. The Morgan fingerprint density at radius 2 is 2.00 bits per heavy atom. The average Bonchev–Trinajstić information content (AvgIpc) is 3.41. The van der Waals surface area contributed by atoms with E-state index in [-0.39, 0.29) is 29.9 Å². The quantitative estimate of drug-likeness (QED) is 0.215. The Hall–Kier alpha value is -2.23. The van der Waals surface area contributed by atoms with Crippen molar-refractivity contribution in [1.29, 1.82) is 0 Å². The third-order valence-corrected chi connectivity index (χ3v) is 4.89. The van der Waals surface area contributed by atoms with E-state index in [0.717, 1.165) is 68.5 Å². The molecule has 0 atom stereocenters. The number of halogens is 1. The van der Waals surface area contributed by atoms with Gasteiger partial charge in [-0.25, -0.2) is 4.99 Å². The highest BCUT2D eigenvalue weighted by Gasteiger charge is 2.18.